The van der Waals surface area contributed by atoms with Gasteiger partial charge in [0.15, 0.2) is 11.5 Å². The normalized spacial score (nSPS) is 15.0. The summed E-state index contributed by atoms with van der Waals surface area (Å²) in [6, 6.07) is 10.7. The van der Waals surface area contributed by atoms with E-state index < -0.39 is 0 Å². The van der Waals surface area contributed by atoms with Gasteiger partial charge in [-0.15, -0.1) is 0 Å². The zero-order valence-electron chi connectivity index (χ0n) is 18.8. The molecular weight excluding hydrogens is 422 g/mol. The van der Waals surface area contributed by atoms with E-state index in [4.69, 9.17) is 14.5 Å². The number of carbonyl (C=O) groups excluding carboxylic acids is 2. The molecular formula is C24H27N5O4. The Bertz CT molecular complexity index is 1220. The van der Waals surface area contributed by atoms with Crippen LogP contribution in [0.5, 0.6) is 11.5 Å². The quantitative estimate of drug-likeness (QED) is 0.661. The second-order valence-electron chi connectivity index (χ2n) is 8.43. The van der Waals surface area contributed by atoms with Gasteiger partial charge in [-0.05, 0) is 43.2 Å². The van der Waals surface area contributed by atoms with E-state index in [2.05, 4.69) is 5.32 Å². The van der Waals surface area contributed by atoms with Crippen LogP contribution in [-0.4, -0.2) is 64.6 Å². The lowest BCUT2D eigenvalue weighted by molar-refractivity contribution is 0.0793. The molecule has 0 unspecified atom stereocenters. The molecule has 0 aliphatic carbocycles. The number of carbonyl (C=O) groups is 2. The van der Waals surface area contributed by atoms with Crippen molar-refractivity contribution < 1.29 is 19.1 Å². The number of aryl methyl sites for hydroxylation is 1. The molecule has 0 bridgehead atoms. The highest BCUT2D eigenvalue weighted by molar-refractivity contribution is 5.97. The lowest BCUT2D eigenvalue weighted by Gasteiger charge is -2.20. The van der Waals surface area contributed by atoms with Gasteiger partial charge in [-0.2, -0.15) is 0 Å². The Morgan fingerprint density at radius 3 is 2.61 bits per heavy atom. The van der Waals surface area contributed by atoms with Crippen LogP contribution in [0.25, 0.3) is 11.0 Å². The van der Waals surface area contributed by atoms with E-state index in [1.807, 2.05) is 34.7 Å². The molecule has 1 aromatic heterocycles. The van der Waals surface area contributed by atoms with Crippen LogP contribution in [0.15, 0.2) is 36.4 Å². The molecule has 9 heteroatoms. The topological polar surface area (TPSA) is 88.9 Å². The minimum Gasteiger partial charge on any atom is -0.486 e. The number of nitrogens with zero attached hydrogens (tertiary/aromatic N) is 4. The smallest absolute Gasteiger partial charge is 0.321 e. The minimum absolute atomic E-state index is 0.0533. The number of hydrogen-bond acceptors (Lipinski definition) is 5. The number of nitrogens with one attached hydrogen (secondary N) is 1. The summed E-state index contributed by atoms with van der Waals surface area (Å²) in [6.45, 7) is 2.95. The number of amides is 3. The molecule has 5 rings (SSSR count). The standard InChI is InChI=1S/C24H27N5O4/c1-27(24(31)25-17-6-8-20-21(14-17)33-12-11-32-20)15-22-26-18-13-16(5-7-19(18)28(22)2)23(30)29-9-3-4-10-29/h5-8,13-14H,3-4,9-12,15H2,1-2H3,(H,25,31). The van der Waals surface area contributed by atoms with Gasteiger partial charge in [-0.1, -0.05) is 0 Å². The third-order valence-corrected chi connectivity index (χ3v) is 6.13. The van der Waals surface area contributed by atoms with Crippen molar-refractivity contribution in [1.29, 1.82) is 0 Å². The van der Waals surface area contributed by atoms with E-state index in [-0.39, 0.29) is 11.9 Å². The molecule has 0 radical (unpaired) electrons. The fourth-order valence-electron chi connectivity index (χ4n) is 4.25. The van der Waals surface area contributed by atoms with Crippen molar-refractivity contribution in [2.24, 2.45) is 7.05 Å². The second-order valence-corrected chi connectivity index (χ2v) is 8.43. The van der Waals surface area contributed by atoms with Crippen molar-refractivity contribution in [2.45, 2.75) is 19.4 Å². The van der Waals surface area contributed by atoms with Crippen LogP contribution < -0.4 is 14.8 Å². The number of anilines is 1. The van der Waals surface area contributed by atoms with E-state index >= 15 is 0 Å². The van der Waals surface area contributed by atoms with Gasteiger partial charge in [0.05, 0.1) is 17.6 Å². The molecule has 1 N–H and O–H groups in total. The molecule has 0 saturated carbocycles. The maximum atomic E-state index is 12.8. The highest BCUT2D eigenvalue weighted by atomic mass is 16.6. The van der Waals surface area contributed by atoms with Gasteiger partial charge in [0.25, 0.3) is 5.91 Å². The van der Waals surface area contributed by atoms with Crippen LogP contribution in [0.1, 0.15) is 29.0 Å². The number of imidazole rings is 1. The Morgan fingerprint density at radius 2 is 1.82 bits per heavy atom. The molecule has 0 spiro atoms. The number of hydrogen-bond donors (Lipinski definition) is 1. The van der Waals surface area contributed by atoms with Crippen molar-refractivity contribution in [1.82, 2.24) is 19.4 Å². The van der Waals surface area contributed by atoms with Crippen LogP contribution >= 0.6 is 0 Å². The molecule has 2 aliphatic rings. The predicted molar refractivity (Wildman–Crippen MR) is 124 cm³/mol. The minimum atomic E-state index is -0.261. The molecule has 3 heterocycles. The Labute approximate surface area is 191 Å². The maximum Gasteiger partial charge on any atom is 0.321 e. The monoisotopic (exact) mass is 449 g/mol. The first-order valence-corrected chi connectivity index (χ1v) is 11.2. The van der Waals surface area contributed by atoms with Crippen LogP contribution in [0, 0.1) is 0 Å². The van der Waals surface area contributed by atoms with Crippen molar-refractivity contribution in [3.05, 3.63) is 47.8 Å². The zero-order valence-corrected chi connectivity index (χ0v) is 18.8. The Kier molecular flexibility index (Phi) is 5.53. The summed E-state index contributed by atoms with van der Waals surface area (Å²) in [7, 11) is 3.63. The van der Waals surface area contributed by atoms with Crippen LogP contribution in [-0.2, 0) is 13.6 Å². The van der Waals surface area contributed by atoms with Gasteiger partial charge >= 0.3 is 6.03 Å². The fourth-order valence-corrected chi connectivity index (χ4v) is 4.25. The molecule has 9 nitrogen and oxygen atoms in total. The van der Waals surface area contributed by atoms with Gasteiger partial charge in [-0.3, -0.25) is 4.79 Å². The molecule has 2 aliphatic heterocycles. The van der Waals surface area contributed by atoms with Crippen LogP contribution in [0.3, 0.4) is 0 Å². The lowest BCUT2D eigenvalue weighted by atomic mass is 10.2. The summed E-state index contributed by atoms with van der Waals surface area (Å²) in [5.74, 6) is 2.08. The van der Waals surface area contributed by atoms with E-state index in [0.717, 1.165) is 42.8 Å². The first kappa shape index (κ1) is 21.1. The average Bonchev–Trinajstić information content (AvgIpc) is 3.47. The summed E-state index contributed by atoms with van der Waals surface area (Å²) in [5.41, 5.74) is 2.95. The van der Waals surface area contributed by atoms with E-state index in [1.54, 1.807) is 30.1 Å². The first-order chi connectivity index (χ1) is 16.0. The number of fused-ring (bicyclic) bond motifs is 2. The van der Waals surface area contributed by atoms with Gasteiger partial charge < -0.3 is 29.2 Å². The second kappa shape index (κ2) is 8.65. The zero-order chi connectivity index (χ0) is 22.9. The SMILES string of the molecule is CN(Cc1nc2cc(C(=O)N3CCCC3)ccc2n1C)C(=O)Nc1ccc2c(c1)OCCO2. The average molecular weight is 450 g/mol. The van der Waals surface area contributed by atoms with Crippen LogP contribution in [0.4, 0.5) is 10.5 Å². The molecule has 33 heavy (non-hydrogen) atoms. The van der Waals surface area contributed by atoms with Gasteiger partial charge in [0, 0.05) is 44.5 Å². The Balaban J connectivity index is 1.29. The third kappa shape index (κ3) is 4.18. The number of rotatable bonds is 4. The molecule has 2 aromatic carbocycles. The van der Waals surface area contributed by atoms with Crippen molar-refractivity contribution in [3.8, 4) is 11.5 Å². The number of benzene rings is 2. The summed E-state index contributed by atoms with van der Waals surface area (Å²) in [4.78, 5) is 33.6. The van der Waals surface area contributed by atoms with Crippen molar-refractivity contribution in [2.75, 3.05) is 38.7 Å². The summed E-state index contributed by atoms with van der Waals surface area (Å²) in [5, 5.41) is 2.88. The van der Waals surface area contributed by atoms with Crippen molar-refractivity contribution >= 4 is 28.7 Å². The number of ether oxygens (including phenoxy) is 2. The number of urea groups is 1. The van der Waals surface area contributed by atoms with E-state index in [0.29, 0.717) is 42.5 Å². The summed E-state index contributed by atoms with van der Waals surface area (Å²) >= 11 is 0. The molecule has 1 saturated heterocycles. The molecule has 3 amide bonds. The van der Waals surface area contributed by atoms with Crippen LogP contribution in [0.2, 0.25) is 0 Å². The van der Waals surface area contributed by atoms with E-state index in [9.17, 15) is 9.59 Å². The predicted octanol–water partition coefficient (Wildman–Crippen LogP) is 3.24. The summed E-state index contributed by atoms with van der Waals surface area (Å²) < 4.78 is 13.1. The number of likely N-dealkylation sites (tertiary alicyclic amines) is 1. The maximum absolute atomic E-state index is 12.8. The molecule has 3 aromatic rings. The summed E-state index contributed by atoms with van der Waals surface area (Å²) in [6.07, 6.45) is 2.12. The highest BCUT2D eigenvalue weighted by Crippen LogP contribution is 2.32. The Hall–Kier alpha value is -3.75. The largest absolute Gasteiger partial charge is 0.486 e. The molecule has 0 atom stereocenters. The Morgan fingerprint density at radius 1 is 1.06 bits per heavy atom. The van der Waals surface area contributed by atoms with E-state index in [1.165, 1.54) is 0 Å². The highest BCUT2D eigenvalue weighted by Gasteiger charge is 2.21. The molecule has 172 valence electrons. The fraction of sp³-hybridized carbons (Fsp3) is 0.375. The number of aromatic nitrogens is 2. The van der Waals surface area contributed by atoms with Crippen molar-refractivity contribution in [3.63, 3.8) is 0 Å². The first-order valence-electron chi connectivity index (χ1n) is 11.2. The third-order valence-electron chi connectivity index (χ3n) is 6.13. The molecule has 1 fully saturated rings. The lowest BCUT2D eigenvalue weighted by Crippen LogP contribution is -2.31. The van der Waals surface area contributed by atoms with Gasteiger partial charge in [0.1, 0.15) is 19.0 Å². The van der Waals surface area contributed by atoms with Gasteiger partial charge in [0.2, 0.25) is 0 Å². The van der Waals surface area contributed by atoms with Gasteiger partial charge in [-0.25, -0.2) is 9.78 Å².